The second kappa shape index (κ2) is 7.32. The van der Waals surface area contributed by atoms with Gasteiger partial charge in [-0.1, -0.05) is 13.3 Å². The summed E-state index contributed by atoms with van der Waals surface area (Å²) in [6.45, 7) is 2.01. The lowest BCUT2D eigenvalue weighted by atomic mass is 10.2. The maximum atomic E-state index is 11.1. The lowest BCUT2D eigenvalue weighted by Gasteiger charge is -1.98. The zero-order valence-corrected chi connectivity index (χ0v) is 7.96. The Hall–Kier alpha value is -1.34. The van der Waals surface area contributed by atoms with Crippen LogP contribution in [0.15, 0.2) is 11.8 Å². The number of nitrogens with one attached hydrogen (secondary N) is 1. The molecule has 0 bridgehead atoms. The Balaban J connectivity index is 4.02. The Labute approximate surface area is 78.1 Å². The summed E-state index contributed by atoms with van der Waals surface area (Å²) in [5, 5.41) is 8.52. The van der Waals surface area contributed by atoms with Gasteiger partial charge in [-0.15, -0.1) is 0 Å². The lowest BCUT2D eigenvalue weighted by Crippen LogP contribution is -2.11. The van der Waals surface area contributed by atoms with E-state index in [1.165, 1.54) is 13.2 Å². The van der Waals surface area contributed by atoms with Crippen molar-refractivity contribution >= 4 is 5.78 Å². The van der Waals surface area contributed by atoms with Crippen LogP contribution < -0.4 is 5.48 Å². The van der Waals surface area contributed by atoms with Gasteiger partial charge >= 0.3 is 0 Å². The van der Waals surface area contributed by atoms with E-state index in [1.54, 1.807) is 0 Å². The summed E-state index contributed by atoms with van der Waals surface area (Å²) in [7, 11) is 1.39. The highest BCUT2D eigenvalue weighted by Crippen LogP contribution is 1.98. The normalized spacial score (nSPS) is 10.7. The molecular formula is C9H14N2O2. The number of carbonyl (C=O) groups excluding carboxylic acids is 1. The van der Waals surface area contributed by atoms with Gasteiger partial charge in [0.2, 0.25) is 0 Å². The molecule has 0 fully saturated rings. The zero-order valence-electron chi connectivity index (χ0n) is 7.96. The molecule has 13 heavy (non-hydrogen) atoms. The molecule has 0 rings (SSSR count). The summed E-state index contributed by atoms with van der Waals surface area (Å²) < 4.78 is 0. The van der Waals surface area contributed by atoms with E-state index in [0.29, 0.717) is 6.42 Å². The predicted molar refractivity (Wildman–Crippen MR) is 48.4 cm³/mol. The molecule has 0 radical (unpaired) electrons. The first-order valence-electron chi connectivity index (χ1n) is 4.18. The minimum absolute atomic E-state index is 0.0528. The minimum Gasteiger partial charge on any atom is -0.295 e. The van der Waals surface area contributed by atoms with Crippen LogP contribution in [-0.2, 0) is 9.63 Å². The van der Waals surface area contributed by atoms with Crippen LogP contribution >= 0.6 is 0 Å². The van der Waals surface area contributed by atoms with Crippen molar-refractivity contribution in [2.75, 3.05) is 7.11 Å². The first-order chi connectivity index (χ1) is 6.24. The number of allylic oxidation sites excluding steroid dienone is 2. The fourth-order valence-corrected chi connectivity index (χ4v) is 0.779. The van der Waals surface area contributed by atoms with Crippen molar-refractivity contribution in [2.45, 2.75) is 26.2 Å². The summed E-state index contributed by atoms with van der Waals surface area (Å²) in [5.41, 5.74) is 2.46. The molecule has 0 saturated heterocycles. The average Bonchev–Trinajstić information content (AvgIpc) is 2.14. The van der Waals surface area contributed by atoms with E-state index in [-0.39, 0.29) is 11.5 Å². The lowest BCUT2D eigenvalue weighted by molar-refractivity contribution is -0.114. The number of hydroxylamine groups is 1. The average molecular weight is 182 g/mol. The molecule has 0 saturated carbocycles. The fraction of sp³-hybridized carbons (Fsp3) is 0.556. The van der Waals surface area contributed by atoms with Gasteiger partial charge in [0.15, 0.2) is 5.78 Å². The number of hydrogen-bond acceptors (Lipinski definition) is 4. The van der Waals surface area contributed by atoms with Crippen LogP contribution in [0.1, 0.15) is 26.2 Å². The van der Waals surface area contributed by atoms with Crippen LogP contribution in [-0.4, -0.2) is 12.9 Å². The van der Waals surface area contributed by atoms with Crippen molar-refractivity contribution in [1.29, 1.82) is 5.26 Å². The van der Waals surface area contributed by atoms with Gasteiger partial charge in [0.25, 0.3) is 0 Å². The molecule has 0 aliphatic carbocycles. The Morgan fingerprint density at radius 1 is 1.69 bits per heavy atom. The van der Waals surface area contributed by atoms with Gasteiger partial charge in [-0.2, -0.15) is 5.26 Å². The molecule has 0 aliphatic heterocycles. The summed E-state index contributed by atoms with van der Waals surface area (Å²) in [6.07, 6.45) is 3.56. The van der Waals surface area contributed by atoms with Gasteiger partial charge in [-0.3, -0.25) is 15.1 Å². The van der Waals surface area contributed by atoms with Crippen LogP contribution in [0.2, 0.25) is 0 Å². The van der Waals surface area contributed by atoms with Crippen LogP contribution in [0.5, 0.6) is 0 Å². The maximum Gasteiger partial charge on any atom is 0.158 e. The molecule has 0 aromatic rings. The first-order valence-corrected chi connectivity index (χ1v) is 4.18. The molecule has 0 atom stereocenters. The van der Waals surface area contributed by atoms with Crippen LogP contribution in [0.3, 0.4) is 0 Å². The van der Waals surface area contributed by atoms with Crippen molar-refractivity contribution in [3.63, 3.8) is 0 Å². The monoisotopic (exact) mass is 182 g/mol. The van der Waals surface area contributed by atoms with Crippen molar-refractivity contribution in [2.24, 2.45) is 0 Å². The molecular weight excluding hydrogens is 168 g/mol. The largest absolute Gasteiger partial charge is 0.295 e. The number of unbranched alkanes of at least 4 members (excludes halogenated alkanes) is 1. The van der Waals surface area contributed by atoms with Crippen LogP contribution in [0, 0.1) is 11.3 Å². The van der Waals surface area contributed by atoms with E-state index in [2.05, 4.69) is 10.3 Å². The molecule has 4 heteroatoms. The third kappa shape index (κ3) is 5.88. The SMILES string of the molecule is CCCCC(=O)C=C(C#N)NOC. The van der Waals surface area contributed by atoms with E-state index in [0.717, 1.165) is 12.8 Å². The predicted octanol–water partition coefficient (Wildman–Crippen LogP) is 1.30. The summed E-state index contributed by atoms with van der Waals surface area (Å²) in [6, 6.07) is 1.81. The van der Waals surface area contributed by atoms with Crippen molar-refractivity contribution in [1.82, 2.24) is 5.48 Å². The van der Waals surface area contributed by atoms with Crippen LogP contribution in [0.25, 0.3) is 0 Å². The van der Waals surface area contributed by atoms with Gasteiger partial charge in [0.05, 0.1) is 7.11 Å². The van der Waals surface area contributed by atoms with Crippen molar-refractivity contribution in [3.05, 3.63) is 11.8 Å². The number of carbonyl (C=O) groups is 1. The Bertz CT molecular complexity index is 228. The molecule has 0 unspecified atom stereocenters. The molecule has 4 nitrogen and oxygen atoms in total. The summed E-state index contributed by atoms with van der Waals surface area (Å²) in [4.78, 5) is 15.6. The van der Waals surface area contributed by atoms with Gasteiger partial charge in [0.1, 0.15) is 11.8 Å². The zero-order chi connectivity index (χ0) is 10.1. The number of nitrogens with zero attached hydrogens (tertiary/aromatic N) is 1. The summed E-state index contributed by atoms with van der Waals surface area (Å²) in [5.74, 6) is -0.0528. The molecule has 0 heterocycles. The molecule has 0 spiro atoms. The number of rotatable bonds is 6. The highest BCUT2D eigenvalue weighted by atomic mass is 16.6. The quantitative estimate of drug-likeness (QED) is 0.382. The Morgan fingerprint density at radius 2 is 2.38 bits per heavy atom. The first kappa shape index (κ1) is 11.7. The van der Waals surface area contributed by atoms with E-state index in [9.17, 15) is 4.79 Å². The van der Waals surface area contributed by atoms with Crippen LogP contribution in [0.4, 0.5) is 0 Å². The van der Waals surface area contributed by atoms with Gasteiger partial charge in [0, 0.05) is 12.5 Å². The van der Waals surface area contributed by atoms with Gasteiger partial charge in [-0.25, -0.2) is 0 Å². The van der Waals surface area contributed by atoms with Crippen molar-refractivity contribution in [3.8, 4) is 6.07 Å². The highest BCUT2D eigenvalue weighted by molar-refractivity contribution is 5.90. The topological polar surface area (TPSA) is 62.1 Å². The van der Waals surface area contributed by atoms with E-state index >= 15 is 0 Å². The number of ketones is 1. The Morgan fingerprint density at radius 3 is 2.85 bits per heavy atom. The number of hydrogen-bond donors (Lipinski definition) is 1. The van der Waals surface area contributed by atoms with Crippen molar-refractivity contribution < 1.29 is 9.63 Å². The third-order valence-corrected chi connectivity index (χ3v) is 1.41. The number of nitriles is 1. The molecule has 72 valence electrons. The second-order valence-electron chi connectivity index (χ2n) is 2.55. The molecule has 0 aromatic carbocycles. The maximum absolute atomic E-state index is 11.1. The molecule has 0 amide bonds. The standard InChI is InChI=1S/C9H14N2O2/c1-3-4-5-9(12)6-8(7-10)11-13-2/h6,11H,3-5H2,1-2H3. The van der Waals surface area contributed by atoms with E-state index < -0.39 is 0 Å². The van der Waals surface area contributed by atoms with Gasteiger partial charge < -0.3 is 0 Å². The van der Waals surface area contributed by atoms with E-state index in [1.807, 2.05) is 13.0 Å². The molecule has 1 N–H and O–H groups in total. The molecule has 0 aliphatic rings. The highest BCUT2D eigenvalue weighted by Gasteiger charge is 2.00. The minimum atomic E-state index is -0.0528. The smallest absolute Gasteiger partial charge is 0.158 e. The fourth-order valence-electron chi connectivity index (χ4n) is 0.779. The van der Waals surface area contributed by atoms with E-state index in [4.69, 9.17) is 5.26 Å². The third-order valence-electron chi connectivity index (χ3n) is 1.41. The Kier molecular flexibility index (Phi) is 6.56. The second-order valence-corrected chi connectivity index (χ2v) is 2.55. The van der Waals surface area contributed by atoms with Gasteiger partial charge in [-0.05, 0) is 6.42 Å². The summed E-state index contributed by atoms with van der Waals surface area (Å²) >= 11 is 0. The molecule has 0 aromatic heterocycles.